The molecule has 1 aliphatic carbocycles. The molecule has 4 rings (SSSR count). The average molecular weight is 393 g/mol. The Morgan fingerprint density at radius 1 is 1.24 bits per heavy atom. The number of rotatable bonds is 6. The smallest absolute Gasteiger partial charge is 0.260 e. The summed E-state index contributed by atoms with van der Waals surface area (Å²) in [6.07, 6.45) is 4.83. The zero-order valence-corrected chi connectivity index (χ0v) is 16.8. The number of carbonyl (C=O) groups excluding carboxylic acids is 2. The van der Waals surface area contributed by atoms with Gasteiger partial charge in [0.25, 0.3) is 5.91 Å². The Morgan fingerprint density at radius 2 is 2.10 bits per heavy atom. The van der Waals surface area contributed by atoms with Crippen LogP contribution in [0.3, 0.4) is 0 Å². The maximum atomic E-state index is 12.9. The van der Waals surface area contributed by atoms with E-state index in [1.807, 2.05) is 49.4 Å². The van der Waals surface area contributed by atoms with Gasteiger partial charge in [-0.05, 0) is 49.6 Å². The molecule has 2 heterocycles. The van der Waals surface area contributed by atoms with Crippen molar-refractivity contribution in [3.8, 4) is 5.75 Å². The van der Waals surface area contributed by atoms with E-state index in [2.05, 4.69) is 10.3 Å². The Hall–Kier alpha value is -2.89. The van der Waals surface area contributed by atoms with E-state index in [1.165, 1.54) is 0 Å². The number of hydrogen-bond donors (Lipinski definition) is 1. The Labute approximate surface area is 171 Å². The molecule has 6 nitrogen and oxygen atoms in total. The first-order chi connectivity index (χ1) is 14.1. The molecule has 1 aromatic heterocycles. The van der Waals surface area contributed by atoms with Crippen LogP contribution < -0.4 is 10.1 Å². The summed E-state index contributed by atoms with van der Waals surface area (Å²) in [5.41, 5.74) is 1.85. The standard InChI is InChI=1S/C23H27N3O3/c1-17-6-4-8-19(12-17)29-15-21(27)26-14-20(23(16-26)9-5-10-23)22(28)25-13-18-7-2-3-11-24-18/h2-4,6-8,11-12,20H,5,9-10,13-16H2,1H3,(H,25,28). The summed E-state index contributed by atoms with van der Waals surface area (Å²) < 4.78 is 5.68. The minimum atomic E-state index is -0.164. The number of ether oxygens (including phenoxy) is 1. The van der Waals surface area contributed by atoms with Crippen LogP contribution in [-0.2, 0) is 16.1 Å². The fourth-order valence-electron chi connectivity index (χ4n) is 4.40. The average Bonchev–Trinajstić information content (AvgIpc) is 3.13. The van der Waals surface area contributed by atoms with E-state index >= 15 is 0 Å². The van der Waals surface area contributed by atoms with Crippen LogP contribution in [0.25, 0.3) is 0 Å². The first-order valence-electron chi connectivity index (χ1n) is 10.2. The van der Waals surface area contributed by atoms with Crippen molar-refractivity contribution in [2.24, 2.45) is 11.3 Å². The van der Waals surface area contributed by atoms with Crippen molar-refractivity contribution in [2.45, 2.75) is 32.7 Å². The zero-order valence-electron chi connectivity index (χ0n) is 16.8. The molecule has 1 aliphatic heterocycles. The topological polar surface area (TPSA) is 71.5 Å². The SMILES string of the molecule is Cc1cccc(OCC(=O)N2CC(C(=O)NCc3ccccn3)C3(CCC3)C2)c1. The summed E-state index contributed by atoms with van der Waals surface area (Å²) in [6, 6.07) is 13.3. The molecule has 1 atom stereocenters. The zero-order chi connectivity index (χ0) is 20.3. The van der Waals surface area contributed by atoms with E-state index < -0.39 is 0 Å². The lowest BCUT2D eigenvalue weighted by molar-refractivity contribution is -0.133. The molecule has 2 fully saturated rings. The maximum Gasteiger partial charge on any atom is 0.260 e. The van der Waals surface area contributed by atoms with Gasteiger partial charge in [-0.15, -0.1) is 0 Å². The molecular weight excluding hydrogens is 366 g/mol. The number of nitrogens with one attached hydrogen (secondary N) is 1. The molecule has 29 heavy (non-hydrogen) atoms. The van der Waals surface area contributed by atoms with E-state index in [-0.39, 0.29) is 29.8 Å². The lowest BCUT2D eigenvalue weighted by Crippen LogP contribution is -2.45. The molecule has 1 saturated heterocycles. The van der Waals surface area contributed by atoms with E-state index in [1.54, 1.807) is 11.1 Å². The third kappa shape index (κ3) is 4.26. The highest BCUT2D eigenvalue weighted by atomic mass is 16.5. The summed E-state index contributed by atoms with van der Waals surface area (Å²) in [5, 5.41) is 3.02. The minimum Gasteiger partial charge on any atom is -0.484 e. The van der Waals surface area contributed by atoms with Crippen LogP contribution >= 0.6 is 0 Å². The Morgan fingerprint density at radius 3 is 2.79 bits per heavy atom. The number of benzene rings is 1. The number of aryl methyl sites for hydroxylation is 1. The molecule has 2 amide bonds. The van der Waals surface area contributed by atoms with Crippen molar-refractivity contribution >= 4 is 11.8 Å². The van der Waals surface area contributed by atoms with Gasteiger partial charge in [-0.1, -0.05) is 24.6 Å². The maximum absolute atomic E-state index is 12.9. The first kappa shape index (κ1) is 19.4. The molecule has 2 aromatic rings. The number of carbonyl (C=O) groups is 2. The van der Waals surface area contributed by atoms with Gasteiger partial charge in [-0.3, -0.25) is 14.6 Å². The summed E-state index contributed by atoms with van der Waals surface area (Å²) >= 11 is 0. The molecule has 152 valence electrons. The molecule has 1 spiro atoms. The van der Waals surface area contributed by atoms with Crippen LogP contribution in [0.5, 0.6) is 5.75 Å². The number of hydrogen-bond acceptors (Lipinski definition) is 4. The van der Waals surface area contributed by atoms with Gasteiger partial charge in [0.1, 0.15) is 5.75 Å². The van der Waals surface area contributed by atoms with Gasteiger partial charge in [0.05, 0.1) is 18.2 Å². The number of aromatic nitrogens is 1. The van der Waals surface area contributed by atoms with Crippen molar-refractivity contribution in [2.75, 3.05) is 19.7 Å². The summed E-state index contributed by atoms with van der Waals surface area (Å²) in [5.74, 6) is 0.492. The second kappa shape index (κ2) is 8.23. The van der Waals surface area contributed by atoms with E-state index in [9.17, 15) is 9.59 Å². The van der Waals surface area contributed by atoms with Crippen LogP contribution in [0.1, 0.15) is 30.5 Å². The van der Waals surface area contributed by atoms with Gasteiger partial charge >= 0.3 is 0 Å². The van der Waals surface area contributed by atoms with E-state index in [0.29, 0.717) is 25.4 Å². The fourth-order valence-corrected chi connectivity index (χ4v) is 4.40. The summed E-state index contributed by atoms with van der Waals surface area (Å²) in [4.78, 5) is 31.7. The number of likely N-dealkylation sites (tertiary alicyclic amines) is 1. The second-order valence-electron chi connectivity index (χ2n) is 8.19. The fraction of sp³-hybridized carbons (Fsp3) is 0.435. The summed E-state index contributed by atoms with van der Waals surface area (Å²) in [6.45, 7) is 3.51. The van der Waals surface area contributed by atoms with Crippen molar-refractivity contribution < 1.29 is 14.3 Å². The molecule has 0 bridgehead atoms. The van der Waals surface area contributed by atoms with Crippen molar-refractivity contribution in [1.82, 2.24) is 15.2 Å². The van der Waals surface area contributed by atoms with Crippen LogP contribution in [0, 0.1) is 18.3 Å². The molecule has 1 unspecified atom stereocenters. The summed E-state index contributed by atoms with van der Waals surface area (Å²) in [7, 11) is 0. The van der Waals surface area contributed by atoms with Gasteiger partial charge < -0.3 is 15.0 Å². The molecule has 0 radical (unpaired) electrons. The molecule has 6 heteroatoms. The largest absolute Gasteiger partial charge is 0.484 e. The number of amides is 2. The number of pyridine rings is 1. The lowest BCUT2D eigenvalue weighted by Gasteiger charge is -2.41. The predicted molar refractivity (Wildman–Crippen MR) is 109 cm³/mol. The minimum absolute atomic E-state index is 0.00179. The quantitative estimate of drug-likeness (QED) is 0.819. The lowest BCUT2D eigenvalue weighted by atomic mass is 9.62. The first-order valence-corrected chi connectivity index (χ1v) is 10.2. The van der Waals surface area contributed by atoms with Crippen LogP contribution in [0.2, 0.25) is 0 Å². The van der Waals surface area contributed by atoms with Gasteiger partial charge in [-0.2, -0.15) is 0 Å². The monoisotopic (exact) mass is 393 g/mol. The van der Waals surface area contributed by atoms with Gasteiger partial charge in [0.2, 0.25) is 5.91 Å². The molecule has 1 N–H and O–H groups in total. The van der Waals surface area contributed by atoms with Gasteiger partial charge in [-0.25, -0.2) is 0 Å². The van der Waals surface area contributed by atoms with Gasteiger partial charge in [0, 0.05) is 24.7 Å². The molecule has 1 aromatic carbocycles. The van der Waals surface area contributed by atoms with Crippen molar-refractivity contribution in [3.05, 3.63) is 59.9 Å². The van der Waals surface area contributed by atoms with Gasteiger partial charge in [0.15, 0.2) is 6.61 Å². The van der Waals surface area contributed by atoms with E-state index in [4.69, 9.17) is 4.74 Å². The molecule has 1 saturated carbocycles. The van der Waals surface area contributed by atoms with Crippen molar-refractivity contribution in [1.29, 1.82) is 0 Å². The predicted octanol–water partition coefficient (Wildman–Crippen LogP) is 2.71. The Balaban J connectivity index is 1.35. The van der Waals surface area contributed by atoms with Crippen molar-refractivity contribution in [3.63, 3.8) is 0 Å². The highest BCUT2D eigenvalue weighted by molar-refractivity contribution is 5.83. The Kier molecular flexibility index (Phi) is 5.51. The third-order valence-corrected chi connectivity index (χ3v) is 6.19. The van der Waals surface area contributed by atoms with Crippen LogP contribution in [0.15, 0.2) is 48.7 Å². The van der Waals surface area contributed by atoms with E-state index in [0.717, 1.165) is 30.5 Å². The van der Waals surface area contributed by atoms with Crippen LogP contribution in [0.4, 0.5) is 0 Å². The number of nitrogens with zero attached hydrogens (tertiary/aromatic N) is 2. The van der Waals surface area contributed by atoms with Crippen LogP contribution in [-0.4, -0.2) is 41.4 Å². The molecule has 2 aliphatic rings. The third-order valence-electron chi connectivity index (χ3n) is 6.19. The Bertz CT molecular complexity index is 880. The second-order valence-corrected chi connectivity index (χ2v) is 8.19. The normalized spacial score (nSPS) is 19.6. The highest BCUT2D eigenvalue weighted by Crippen LogP contribution is 2.51. The highest BCUT2D eigenvalue weighted by Gasteiger charge is 2.54. The molecular formula is C23H27N3O3.